The van der Waals surface area contributed by atoms with Crippen molar-refractivity contribution < 1.29 is 33.3 Å². The highest BCUT2D eigenvalue weighted by molar-refractivity contribution is 7.12. The first-order chi connectivity index (χ1) is 16.7. The number of hydrogen-bond donors (Lipinski definition) is 0. The lowest BCUT2D eigenvalue weighted by Gasteiger charge is -2.41. The highest BCUT2D eigenvalue weighted by Crippen LogP contribution is 2.26. The number of carbonyl (C=O) groups is 3. The van der Waals surface area contributed by atoms with Crippen LogP contribution in [0.3, 0.4) is 0 Å². The maximum absolute atomic E-state index is 12.9. The van der Waals surface area contributed by atoms with Crippen molar-refractivity contribution in [2.75, 3.05) is 33.4 Å². The molecule has 0 bridgehead atoms. The first kappa shape index (κ1) is 26.3. The van der Waals surface area contributed by atoms with Crippen molar-refractivity contribution in [1.29, 1.82) is 0 Å². The van der Waals surface area contributed by atoms with Gasteiger partial charge in [0.25, 0.3) is 0 Å². The molecule has 0 radical (unpaired) electrons. The molecule has 190 valence electrons. The van der Waals surface area contributed by atoms with Crippen LogP contribution in [0.15, 0.2) is 41.8 Å². The molecule has 1 aromatic carbocycles. The van der Waals surface area contributed by atoms with Crippen molar-refractivity contribution in [3.63, 3.8) is 0 Å². The predicted octanol–water partition coefficient (Wildman–Crippen LogP) is 4.56. The average Bonchev–Trinajstić information content (AvgIpc) is 3.30. The van der Waals surface area contributed by atoms with Crippen LogP contribution in [-0.2, 0) is 20.8 Å². The summed E-state index contributed by atoms with van der Waals surface area (Å²) in [5.41, 5.74) is 0.256. The van der Waals surface area contributed by atoms with Gasteiger partial charge in [-0.15, -0.1) is 11.3 Å². The third-order valence-electron chi connectivity index (χ3n) is 5.28. The number of hydrogen-bond acceptors (Lipinski definition) is 8. The SMILES string of the molecule is COC(=O)c1sccc1OCC[C@@H]1CN(C(=O)OCc2ccccc2)CCN1C(=O)OC(C)(C)C. The molecule has 2 amide bonds. The molecule has 0 aliphatic carbocycles. The minimum atomic E-state index is -0.643. The van der Waals surface area contributed by atoms with Crippen molar-refractivity contribution in [3.8, 4) is 5.75 Å². The summed E-state index contributed by atoms with van der Waals surface area (Å²) < 4.78 is 21.7. The number of esters is 1. The Morgan fingerprint density at radius 3 is 2.49 bits per heavy atom. The summed E-state index contributed by atoms with van der Waals surface area (Å²) >= 11 is 1.23. The highest BCUT2D eigenvalue weighted by atomic mass is 32.1. The topological polar surface area (TPSA) is 94.6 Å². The van der Waals surface area contributed by atoms with Gasteiger partial charge in [0.05, 0.1) is 19.8 Å². The number of nitrogens with zero attached hydrogens (tertiary/aromatic N) is 2. The monoisotopic (exact) mass is 504 g/mol. The molecule has 3 rings (SSSR count). The van der Waals surface area contributed by atoms with Crippen LogP contribution in [0.4, 0.5) is 9.59 Å². The van der Waals surface area contributed by atoms with E-state index in [1.807, 2.05) is 51.1 Å². The molecular weight excluding hydrogens is 472 g/mol. The van der Waals surface area contributed by atoms with Gasteiger partial charge in [-0.1, -0.05) is 30.3 Å². The normalized spacial score (nSPS) is 15.9. The number of benzene rings is 1. The smallest absolute Gasteiger partial charge is 0.410 e. The van der Waals surface area contributed by atoms with E-state index in [1.165, 1.54) is 18.4 Å². The molecule has 9 nitrogen and oxygen atoms in total. The summed E-state index contributed by atoms with van der Waals surface area (Å²) in [6.45, 7) is 6.77. The second kappa shape index (κ2) is 11.9. The van der Waals surface area contributed by atoms with E-state index in [-0.39, 0.29) is 25.8 Å². The number of methoxy groups -OCH3 is 1. The van der Waals surface area contributed by atoms with Crippen LogP contribution >= 0.6 is 11.3 Å². The van der Waals surface area contributed by atoms with Gasteiger partial charge in [0, 0.05) is 26.1 Å². The number of amides is 2. The molecule has 35 heavy (non-hydrogen) atoms. The molecule has 2 aromatic rings. The summed E-state index contributed by atoms with van der Waals surface area (Å²) in [4.78, 5) is 41.1. The van der Waals surface area contributed by atoms with Gasteiger partial charge in [0.15, 0.2) is 4.88 Å². The van der Waals surface area contributed by atoms with E-state index in [0.717, 1.165) is 5.56 Å². The molecular formula is C25H32N2O7S. The lowest BCUT2D eigenvalue weighted by Crippen LogP contribution is -2.57. The van der Waals surface area contributed by atoms with E-state index in [2.05, 4.69) is 0 Å². The number of carbonyl (C=O) groups excluding carboxylic acids is 3. The Bertz CT molecular complexity index is 1000. The van der Waals surface area contributed by atoms with Crippen LogP contribution in [0.5, 0.6) is 5.75 Å². The first-order valence-electron chi connectivity index (χ1n) is 11.4. The van der Waals surface area contributed by atoms with Crippen molar-refractivity contribution in [2.24, 2.45) is 0 Å². The van der Waals surface area contributed by atoms with Crippen molar-refractivity contribution in [1.82, 2.24) is 9.80 Å². The van der Waals surface area contributed by atoms with E-state index in [9.17, 15) is 14.4 Å². The second-order valence-corrected chi connectivity index (χ2v) is 9.97. The first-order valence-corrected chi connectivity index (χ1v) is 12.3. The summed E-state index contributed by atoms with van der Waals surface area (Å²) in [6, 6.07) is 10.8. The molecule has 10 heteroatoms. The third kappa shape index (κ3) is 7.61. The number of rotatable bonds is 7. The van der Waals surface area contributed by atoms with Crippen LogP contribution in [-0.4, -0.2) is 72.9 Å². The van der Waals surface area contributed by atoms with Gasteiger partial charge in [0.2, 0.25) is 0 Å². The fourth-order valence-corrected chi connectivity index (χ4v) is 4.35. The Morgan fingerprint density at radius 1 is 1.06 bits per heavy atom. The largest absolute Gasteiger partial charge is 0.492 e. The van der Waals surface area contributed by atoms with Gasteiger partial charge < -0.3 is 28.7 Å². The Hall–Kier alpha value is -3.27. The van der Waals surface area contributed by atoms with Crippen LogP contribution in [0.2, 0.25) is 0 Å². The van der Waals surface area contributed by atoms with E-state index < -0.39 is 23.8 Å². The molecule has 2 heterocycles. The molecule has 1 aliphatic heterocycles. The Labute approximate surface area is 209 Å². The van der Waals surface area contributed by atoms with E-state index in [0.29, 0.717) is 30.1 Å². The maximum atomic E-state index is 12.9. The Kier molecular flexibility index (Phi) is 8.97. The average molecular weight is 505 g/mol. The fraction of sp³-hybridized carbons (Fsp3) is 0.480. The molecule has 1 fully saturated rings. The van der Waals surface area contributed by atoms with Gasteiger partial charge in [0.1, 0.15) is 18.0 Å². The highest BCUT2D eigenvalue weighted by Gasteiger charge is 2.35. The van der Waals surface area contributed by atoms with Crippen molar-refractivity contribution in [3.05, 3.63) is 52.2 Å². The van der Waals surface area contributed by atoms with Crippen molar-refractivity contribution in [2.45, 2.75) is 45.4 Å². The fourth-order valence-electron chi connectivity index (χ4n) is 3.60. The zero-order valence-electron chi connectivity index (χ0n) is 20.5. The van der Waals surface area contributed by atoms with Gasteiger partial charge in [-0.25, -0.2) is 14.4 Å². The maximum Gasteiger partial charge on any atom is 0.410 e. The van der Waals surface area contributed by atoms with Crippen LogP contribution < -0.4 is 4.74 Å². The minimum absolute atomic E-state index is 0.175. The van der Waals surface area contributed by atoms with Crippen LogP contribution in [0, 0.1) is 0 Å². The van der Waals surface area contributed by atoms with E-state index in [4.69, 9.17) is 18.9 Å². The van der Waals surface area contributed by atoms with Gasteiger partial charge >= 0.3 is 18.2 Å². The Morgan fingerprint density at radius 2 is 1.80 bits per heavy atom. The summed E-state index contributed by atoms with van der Waals surface area (Å²) in [5.74, 6) is -0.0315. The number of ether oxygens (including phenoxy) is 4. The van der Waals surface area contributed by atoms with E-state index >= 15 is 0 Å². The second-order valence-electron chi connectivity index (χ2n) is 9.06. The van der Waals surface area contributed by atoms with Crippen LogP contribution in [0.25, 0.3) is 0 Å². The lowest BCUT2D eigenvalue weighted by atomic mass is 10.1. The molecule has 0 N–H and O–H groups in total. The predicted molar refractivity (Wildman–Crippen MR) is 131 cm³/mol. The van der Waals surface area contributed by atoms with Crippen LogP contribution in [0.1, 0.15) is 42.4 Å². The third-order valence-corrected chi connectivity index (χ3v) is 6.16. The minimum Gasteiger partial charge on any atom is -0.492 e. The van der Waals surface area contributed by atoms with Gasteiger partial charge in [-0.3, -0.25) is 0 Å². The Balaban J connectivity index is 1.63. The van der Waals surface area contributed by atoms with Gasteiger partial charge in [-0.05, 0) is 37.8 Å². The molecule has 1 aliphatic rings. The number of piperazine rings is 1. The molecule has 1 atom stereocenters. The molecule has 0 saturated carbocycles. The zero-order valence-corrected chi connectivity index (χ0v) is 21.3. The standard InChI is InChI=1S/C25H32N2O7S/c1-25(2,3)34-24(30)27-13-12-26(23(29)33-17-18-8-6-5-7-9-18)16-19(27)10-14-32-20-11-15-35-21(20)22(28)31-4/h5-9,11,15,19H,10,12-14,16-17H2,1-4H3/t19-/m1/s1. The molecule has 1 aromatic heterocycles. The molecule has 0 spiro atoms. The quantitative estimate of drug-likeness (QED) is 0.403. The summed E-state index contributed by atoms with van der Waals surface area (Å²) in [7, 11) is 1.32. The molecule has 1 saturated heterocycles. The van der Waals surface area contributed by atoms with Crippen molar-refractivity contribution >= 4 is 29.5 Å². The molecule has 0 unspecified atom stereocenters. The summed E-state index contributed by atoms with van der Waals surface area (Å²) in [5, 5.41) is 1.75. The lowest BCUT2D eigenvalue weighted by molar-refractivity contribution is -0.00614. The number of thiophene rings is 1. The summed E-state index contributed by atoms with van der Waals surface area (Å²) in [6.07, 6.45) is -0.446. The van der Waals surface area contributed by atoms with E-state index in [1.54, 1.807) is 21.2 Å². The van der Waals surface area contributed by atoms with Gasteiger partial charge in [-0.2, -0.15) is 0 Å². The zero-order chi connectivity index (χ0) is 25.4.